The zero-order valence-corrected chi connectivity index (χ0v) is 15.5. The molecule has 11 heteroatoms. The molecule has 2 heterocycles. The fourth-order valence-electron chi connectivity index (χ4n) is 2.63. The maximum atomic E-state index is 12.9. The zero-order valence-electron chi connectivity index (χ0n) is 15.5. The van der Waals surface area contributed by atoms with Crippen LogP contribution in [0.1, 0.15) is 16.7 Å². The number of alkyl halides is 3. The summed E-state index contributed by atoms with van der Waals surface area (Å²) < 4.78 is 43.2. The minimum Gasteiger partial charge on any atom is -0.337 e. The molecule has 0 amide bonds. The Labute approximate surface area is 167 Å². The fourth-order valence-corrected chi connectivity index (χ4v) is 2.63. The number of hydrazone groups is 1. The number of aryl methyl sites for hydroxylation is 1. The summed E-state index contributed by atoms with van der Waals surface area (Å²) >= 11 is 0. The van der Waals surface area contributed by atoms with E-state index in [0.717, 1.165) is 23.4 Å². The SMILES string of the molecule is Cc1cccc(Nc2nc3nonc3nc2N/N=C/c2cccc(C(F)(F)F)c2)c1. The third-order valence-corrected chi connectivity index (χ3v) is 3.99. The monoisotopic (exact) mass is 413 g/mol. The molecule has 4 rings (SSSR count). The van der Waals surface area contributed by atoms with Crippen LogP contribution in [0.15, 0.2) is 58.3 Å². The van der Waals surface area contributed by atoms with Gasteiger partial charge >= 0.3 is 6.18 Å². The molecule has 152 valence electrons. The normalized spacial score (nSPS) is 11.9. The lowest BCUT2D eigenvalue weighted by atomic mass is 10.1. The molecule has 0 fully saturated rings. The zero-order chi connectivity index (χ0) is 21.1. The first kappa shape index (κ1) is 19.3. The molecule has 8 nitrogen and oxygen atoms in total. The van der Waals surface area contributed by atoms with Crippen molar-refractivity contribution < 1.29 is 17.8 Å². The van der Waals surface area contributed by atoms with Gasteiger partial charge in [0, 0.05) is 5.69 Å². The predicted molar refractivity (Wildman–Crippen MR) is 105 cm³/mol. The number of nitrogens with one attached hydrogen (secondary N) is 2. The van der Waals surface area contributed by atoms with Crippen LogP contribution >= 0.6 is 0 Å². The second-order valence-corrected chi connectivity index (χ2v) is 6.32. The Balaban J connectivity index is 1.61. The highest BCUT2D eigenvalue weighted by Gasteiger charge is 2.30. The van der Waals surface area contributed by atoms with E-state index >= 15 is 0 Å². The van der Waals surface area contributed by atoms with Crippen molar-refractivity contribution in [3.05, 3.63) is 65.2 Å². The van der Waals surface area contributed by atoms with E-state index in [9.17, 15) is 13.2 Å². The van der Waals surface area contributed by atoms with E-state index in [1.54, 1.807) is 0 Å². The van der Waals surface area contributed by atoms with Crippen LogP contribution in [0.2, 0.25) is 0 Å². The van der Waals surface area contributed by atoms with Gasteiger partial charge in [-0.2, -0.15) is 23.3 Å². The van der Waals surface area contributed by atoms with Crippen LogP contribution in [0.3, 0.4) is 0 Å². The molecule has 4 aromatic rings. The number of fused-ring (bicyclic) bond motifs is 1. The third kappa shape index (κ3) is 4.35. The quantitative estimate of drug-likeness (QED) is 0.366. The predicted octanol–water partition coefficient (Wildman–Crippen LogP) is 4.53. The summed E-state index contributed by atoms with van der Waals surface area (Å²) in [7, 11) is 0. The summed E-state index contributed by atoms with van der Waals surface area (Å²) in [6.45, 7) is 1.94. The van der Waals surface area contributed by atoms with E-state index in [1.165, 1.54) is 18.3 Å². The summed E-state index contributed by atoms with van der Waals surface area (Å²) in [5, 5.41) is 14.4. The van der Waals surface area contributed by atoms with Gasteiger partial charge in [0.1, 0.15) is 0 Å². The highest BCUT2D eigenvalue weighted by atomic mass is 19.4. The molecule has 0 spiro atoms. The maximum Gasteiger partial charge on any atom is 0.416 e. The van der Waals surface area contributed by atoms with Gasteiger partial charge in [-0.25, -0.2) is 9.61 Å². The highest BCUT2D eigenvalue weighted by molar-refractivity contribution is 5.82. The molecule has 0 aliphatic rings. The van der Waals surface area contributed by atoms with Gasteiger partial charge in [-0.05, 0) is 52.6 Å². The van der Waals surface area contributed by atoms with E-state index < -0.39 is 11.7 Å². The summed E-state index contributed by atoms with van der Waals surface area (Å²) in [5.74, 6) is 0.493. The van der Waals surface area contributed by atoms with E-state index in [4.69, 9.17) is 0 Å². The van der Waals surface area contributed by atoms with Crippen molar-refractivity contribution in [2.24, 2.45) is 5.10 Å². The lowest BCUT2D eigenvalue weighted by molar-refractivity contribution is -0.137. The maximum absolute atomic E-state index is 12.9. The van der Waals surface area contributed by atoms with Crippen molar-refractivity contribution in [2.45, 2.75) is 13.1 Å². The van der Waals surface area contributed by atoms with Crippen LogP contribution in [0, 0.1) is 6.92 Å². The molecule has 2 aromatic carbocycles. The molecule has 2 aromatic heterocycles. The lowest BCUT2D eigenvalue weighted by Crippen LogP contribution is -2.05. The van der Waals surface area contributed by atoms with Crippen LogP contribution in [0.5, 0.6) is 0 Å². The number of aromatic nitrogens is 4. The molecule has 0 saturated heterocycles. The number of halogens is 3. The summed E-state index contributed by atoms with van der Waals surface area (Å²) in [6, 6.07) is 12.4. The van der Waals surface area contributed by atoms with Crippen molar-refractivity contribution in [2.75, 3.05) is 10.7 Å². The fraction of sp³-hybridized carbons (Fsp3) is 0.105. The number of rotatable bonds is 5. The van der Waals surface area contributed by atoms with Gasteiger partial charge in [-0.3, -0.25) is 5.43 Å². The number of benzene rings is 2. The minimum atomic E-state index is -4.43. The Morgan fingerprint density at radius 1 is 0.967 bits per heavy atom. The van der Waals surface area contributed by atoms with Gasteiger partial charge in [0.05, 0.1) is 11.8 Å². The number of nitrogens with zero attached hydrogens (tertiary/aromatic N) is 5. The molecule has 0 aliphatic carbocycles. The lowest BCUT2D eigenvalue weighted by Gasteiger charge is -2.10. The second kappa shape index (κ2) is 7.78. The van der Waals surface area contributed by atoms with Crippen LogP contribution in [-0.4, -0.2) is 26.5 Å². The van der Waals surface area contributed by atoms with Crippen LogP contribution in [0.25, 0.3) is 11.3 Å². The topological polar surface area (TPSA) is 101 Å². The summed E-state index contributed by atoms with van der Waals surface area (Å²) in [4.78, 5) is 8.55. The van der Waals surface area contributed by atoms with Crippen molar-refractivity contribution in [1.82, 2.24) is 20.3 Å². The molecule has 0 atom stereocenters. The minimum absolute atomic E-state index is 0.154. The van der Waals surface area contributed by atoms with Gasteiger partial charge < -0.3 is 5.32 Å². The first-order valence-corrected chi connectivity index (χ1v) is 8.69. The molecular formula is C19H14F3N7O. The van der Waals surface area contributed by atoms with Gasteiger partial charge in [0.15, 0.2) is 11.6 Å². The largest absolute Gasteiger partial charge is 0.416 e. The Bertz CT molecular complexity index is 1220. The Kier molecular flexibility index (Phi) is 5.00. The van der Waals surface area contributed by atoms with Crippen LogP contribution < -0.4 is 10.7 Å². The molecule has 0 aliphatic heterocycles. The van der Waals surface area contributed by atoms with Crippen molar-refractivity contribution in [3.8, 4) is 0 Å². The number of hydrogen-bond donors (Lipinski definition) is 2. The highest BCUT2D eigenvalue weighted by Crippen LogP contribution is 2.29. The van der Waals surface area contributed by atoms with Crippen molar-refractivity contribution >= 4 is 34.8 Å². The molecule has 0 unspecified atom stereocenters. The Morgan fingerprint density at radius 3 is 2.43 bits per heavy atom. The average molecular weight is 413 g/mol. The smallest absolute Gasteiger partial charge is 0.337 e. The van der Waals surface area contributed by atoms with Crippen molar-refractivity contribution in [1.29, 1.82) is 0 Å². The second-order valence-electron chi connectivity index (χ2n) is 6.32. The molecular weight excluding hydrogens is 399 g/mol. The van der Waals surface area contributed by atoms with E-state index in [1.807, 2.05) is 31.2 Å². The molecule has 30 heavy (non-hydrogen) atoms. The van der Waals surface area contributed by atoms with Gasteiger partial charge in [-0.1, -0.05) is 24.3 Å². The Morgan fingerprint density at radius 2 is 1.70 bits per heavy atom. The molecule has 0 radical (unpaired) electrons. The van der Waals surface area contributed by atoms with E-state index in [2.05, 4.69) is 40.8 Å². The third-order valence-electron chi connectivity index (χ3n) is 3.99. The first-order chi connectivity index (χ1) is 14.4. The Hall–Kier alpha value is -4.02. The van der Waals surface area contributed by atoms with Crippen LogP contribution in [0.4, 0.5) is 30.5 Å². The average Bonchev–Trinajstić information content (AvgIpc) is 3.15. The first-order valence-electron chi connectivity index (χ1n) is 8.69. The summed E-state index contributed by atoms with van der Waals surface area (Å²) in [6.07, 6.45) is -3.18. The molecule has 2 N–H and O–H groups in total. The van der Waals surface area contributed by atoms with Crippen LogP contribution in [-0.2, 0) is 6.18 Å². The van der Waals surface area contributed by atoms with E-state index in [-0.39, 0.29) is 22.7 Å². The number of hydrogen-bond acceptors (Lipinski definition) is 8. The number of anilines is 3. The van der Waals surface area contributed by atoms with Gasteiger partial charge in [0.25, 0.3) is 0 Å². The molecule has 0 bridgehead atoms. The molecule has 0 saturated carbocycles. The van der Waals surface area contributed by atoms with E-state index in [0.29, 0.717) is 5.82 Å². The summed E-state index contributed by atoms with van der Waals surface area (Å²) in [5.41, 5.74) is 4.32. The standard InChI is InChI=1S/C19H14F3N7O/c1-11-4-2-7-14(8-11)24-15-16(26-18-17(25-15)28-30-29-18)27-23-10-12-5-3-6-13(9-12)19(20,21)22/h2-10H,1H3,(H,24,25,28)(H,26,27,29)/b23-10+. The van der Waals surface area contributed by atoms with Crippen molar-refractivity contribution in [3.63, 3.8) is 0 Å². The van der Waals surface area contributed by atoms with Gasteiger partial charge in [0.2, 0.25) is 11.3 Å². The van der Waals surface area contributed by atoms with Gasteiger partial charge in [-0.15, -0.1) is 0 Å².